The molecule has 0 saturated heterocycles. The smallest absolute Gasteiger partial charge is 0.168 e. The van der Waals surface area contributed by atoms with E-state index in [0.717, 1.165) is 12.8 Å². The number of Topliss-reactive ketones (excluding diaryl/α,β-unsaturated/α-hetero) is 1. The van der Waals surface area contributed by atoms with E-state index in [1.54, 1.807) is 12.1 Å². The fourth-order valence-electron chi connectivity index (χ4n) is 2.26. The minimum atomic E-state index is -1.19. The average molecular weight is 301 g/mol. The lowest BCUT2D eigenvalue weighted by atomic mass is 9.92. The van der Waals surface area contributed by atoms with Crippen LogP contribution in [0.5, 0.6) is 0 Å². The fraction of sp³-hybridized carbons (Fsp3) is 0.462. The van der Waals surface area contributed by atoms with Crippen LogP contribution in [0.2, 0.25) is 0 Å². The van der Waals surface area contributed by atoms with Gasteiger partial charge in [-0.1, -0.05) is 12.1 Å². The molecule has 0 aliphatic heterocycles. The zero-order valence-electron chi connectivity index (χ0n) is 9.38. The number of rotatable bonds is 3. The molecule has 1 N–H and O–H groups in total. The summed E-state index contributed by atoms with van der Waals surface area (Å²) in [5.74, 6) is -0.588. The highest BCUT2D eigenvalue weighted by Crippen LogP contribution is 2.32. The highest BCUT2D eigenvalue weighted by atomic mass is 79.9. The van der Waals surface area contributed by atoms with Gasteiger partial charge < -0.3 is 5.11 Å². The number of hydrogen-bond donors (Lipinski definition) is 1. The normalized spacial score (nSPS) is 18.3. The number of ketones is 1. The minimum Gasteiger partial charge on any atom is -0.382 e. The molecule has 0 heterocycles. The maximum atomic E-state index is 13.3. The van der Waals surface area contributed by atoms with Crippen LogP contribution >= 0.6 is 15.9 Å². The van der Waals surface area contributed by atoms with Gasteiger partial charge in [-0.3, -0.25) is 4.79 Å². The predicted octanol–water partition coefficient (Wildman–Crippen LogP) is 3.00. The van der Waals surface area contributed by atoms with Gasteiger partial charge in [-0.05, 0) is 53.2 Å². The Bertz CT molecular complexity index is 439. The van der Waals surface area contributed by atoms with Crippen LogP contribution in [-0.4, -0.2) is 16.5 Å². The number of hydrogen-bond acceptors (Lipinski definition) is 2. The first-order chi connectivity index (χ1) is 8.03. The van der Waals surface area contributed by atoms with Gasteiger partial charge in [0.05, 0.1) is 4.47 Å². The second-order valence-corrected chi connectivity index (χ2v) is 5.34. The Morgan fingerprint density at radius 2 is 2.06 bits per heavy atom. The van der Waals surface area contributed by atoms with Gasteiger partial charge in [-0.25, -0.2) is 4.39 Å². The van der Waals surface area contributed by atoms with Crippen LogP contribution in [0.1, 0.15) is 31.2 Å². The number of carbonyl (C=O) groups excluding carboxylic acids is 1. The topological polar surface area (TPSA) is 37.3 Å². The standard InChI is InChI=1S/C13H14BrFO2/c14-12-9(4-3-5-10(12)15)8-11(16)13(17)6-1-2-7-13/h3-5,17H,1-2,6-8H2. The maximum absolute atomic E-state index is 13.3. The summed E-state index contributed by atoms with van der Waals surface area (Å²) in [4.78, 5) is 12.0. The predicted molar refractivity (Wildman–Crippen MR) is 66.2 cm³/mol. The van der Waals surface area contributed by atoms with Gasteiger partial charge in [0.15, 0.2) is 5.78 Å². The molecule has 92 valence electrons. The monoisotopic (exact) mass is 300 g/mol. The highest BCUT2D eigenvalue weighted by Gasteiger charge is 2.38. The van der Waals surface area contributed by atoms with E-state index >= 15 is 0 Å². The first kappa shape index (κ1) is 12.7. The SMILES string of the molecule is O=C(Cc1cccc(F)c1Br)C1(O)CCCC1. The molecule has 1 fully saturated rings. The Morgan fingerprint density at radius 1 is 1.41 bits per heavy atom. The third-order valence-corrected chi connectivity index (χ3v) is 4.22. The number of carbonyl (C=O) groups is 1. The average Bonchev–Trinajstić information content (AvgIpc) is 2.73. The number of aliphatic hydroxyl groups is 1. The Balaban J connectivity index is 2.16. The van der Waals surface area contributed by atoms with E-state index in [0.29, 0.717) is 22.9 Å². The molecular weight excluding hydrogens is 287 g/mol. The van der Waals surface area contributed by atoms with E-state index in [1.165, 1.54) is 6.07 Å². The molecule has 17 heavy (non-hydrogen) atoms. The van der Waals surface area contributed by atoms with E-state index in [2.05, 4.69) is 15.9 Å². The third kappa shape index (κ3) is 2.58. The van der Waals surface area contributed by atoms with Gasteiger partial charge in [0, 0.05) is 6.42 Å². The van der Waals surface area contributed by atoms with Crippen molar-refractivity contribution in [2.75, 3.05) is 0 Å². The van der Waals surface area contributed by atoms with Crippen LogP contribution in [0.25, 0.3) is 0 Å². The first-order valence-electron chi connectivity index (χ1n) is 5.71. The van der Waals surface area contributed by atoms with Crippen molar-refractivity contribution in [3.63, 3.8) is 0 Å². The van der Waals surface area contributed by atoms with Crippen LogP contribution in [0.15, 0.2) is 22.7 Å². The molecule has 0 radical (unpaired) electrons. The van der Waals surface area contributed by atoms with Crippen LogP contribution < -0.4 is 0 Å². The summed E-state index contributed by atoms with van der Waals surface area (Å²) in [5.41, 5.74) is -0.596. The zero-order chi connectivity index (χ0) is 12.5. The van der Waals surface area contributed by atoms with E-state index < -0.39 is 5.60 Å². The lowest BCUT2D eigenvalue weighted by molar-refractivity contribution is -0.136. The van der Waals surface area contributed by atoms with Crippen molar-refractivity contribution in [3.8, 4) is 0 Å². The quantitative estimate of drug-likeness (QED) is 0.932. The molecule has 0 spiro atoms. The Labute approximate surface area is 108 Å². The van der Waals surface area contributed by atoms with E-state index in [4.69, 9.17) is 0 Å². The Morgan fingerprint density at radius 3 is 2.71 bits per heavy atom. The summed E-state index contributed by atoms with van der Waals surface area (Å²) in [6, 6.07) is 4.60. The summed E-state index contributed by atoms with van der Waals surface area (Å²) in [6.45, 7) is 0. The van der Waals surface area contributed by atoms with E-state index in [1.807, 2.05) is 0 Å². The summed E-state index contributed by atoms with van der Waals surface area (Å²) >= 11 is 3.13. The molecule has 4 heteroatoms. The van der Waals surface area contributed by atoms with Gasteiger partial charge in [0.1, 0.15) is 11.4 Å². The minimum absolute atomic E-state index is 0.0782. The van der Waals surface area contributed by atoms with Crippen molar-refractivity contribution in [1.82, 2.24) is 0 Å². The van der Waals surface area contributed by atoms with Gasteiger partial charge >= 0.3 is 0 Å². The van der Waals surface area contributed by atoms with Crippen molar-refractivity contribution in [2.24, 2.45) is 0 Å². The Hall–Kier alpha value is -0.740. The molecule has 0 unspecified atom stereocenters. The highest BCUT2D eigenvalue weighted by molar-refractivity contribution is 9.10. The first-order valence-corrected chi connectivity index (χ1v) is 6.51. The molecular formula is C13H14BrFO2. The second-order valence-electron chi connectivity index (χ2n) is 4.55. The molecule has 1 aliphatic rings. The number of benzene rings is 1. The molecule has 0 aromatic heterocycles. The molecule has 1 aromatic rings. The maximum Gasteiger partial charge on any atom is 0.168 e. The molecule has 2 nitrogen and oxygen atoms in total. The van der Waals surface area contributed by atoms with Gasteiger partial charge in [-0.15, -0.1) is 0 Å². The van der Waals surface area contributed by atoms with Crippen molar-refractivity contribution < 1.29 is 14.3 Å². The van der Waals surface area contributed by atoms with Crippen LogP contribution in [0.4, 0.5) is 4.39 Å². The molecule has 0 amide bonds. The largest absolute Gasteiger partial charge is 0.382 e. The lowest BCUT2D eigenvalue weighted by Crippen LogP contribution is -2.36. The third-order valence-electron chi connectivity index (χ3n) is 3.33. The molecule has 0 bridgehead atoms. The van der Waals surface area contributed by atoms with Crippen molar-refractivity contribution in [2.45, 2.75) is 37.7 Å². The molecule has 2 rings (SSSR count). The second kappa shape index (κ2) is 4.86. The van der Waals surface area contributed by atoms with Crippen LogP contribution in [-0.2, 0) is 11.2 Å². The summed E-state index contributed by atoms with van der Waals surface area (Å²) < 4.78 is 13.6. The summed E-state index contributed by atoms with van der Waals surface area (Å²) in [6.07, 6.45) is 2.89. The van der Waals surface area contributed by atoms with Gasteiger partial charge in [0.2, 0.25) is 0 Å². The fourth-order valence-corrected chi connectivity index (χ4v) is 2.67. The van der Waals surface area contributed by atoms with E-state index in [-0.39, 0.29) is 18.0 Å². The summed E-state index contributed by atoms with van der Waals surface area (Å²) in [7, 11) is 0. The number of halogens is 2. The van der Waals surface area contributed by atoms with Crippen molar-refractivity contribution in [1.29, 1.82) is 0 Å². The Kier molecular flexibility index (Phi) is 3.64. The summed E-state index contributed by atoms with van der Waals surface area (Å²) in [5, 5.41) is 10.1. The zero-order valence-corrected chi connectivity index (χ0v) is 11.0. The van der Waals surface area contributed by atoms with Crippen LogP contribution in [0, 0.1) is 5.82 Å². The van der Waals surface area contributed by atoms with Crippen molar-refractivity contribution in [3.05, 3.63) is 34.1 Å². The van der Waals surface area contributed by atoms with Gasteiger partial charge in [-0.2, -0.15) is 0 Å². The van der Waals surface area contributed by atoms with Crippen LogP contribution in [0.3, 0.4) is 0 Å². The van der Waals surface area contributed by atoms with Gasteiger partial charge in [0.25, 0.3) is 0 Å². The van der Waals surface area contributed by atoms with Crippen molar-refractivity contribution >= 4 is 21.7 Å². The molecule has 0 atom stereocenters. The van der Waals surface area contributed by atoms with E-state index in [9.17, 15) is 14.3 Å². The molecule has 1 aliphatic carbocycles. The molecule has 1 aromatic carbocycles. The molecule has 1 saturated carbocycles. The lowest BCUT2D eigenvalue weighted by Gasteiger charge is -2.20.